The van der Waals surface area contributed by atoms with Crippen molar-refractivity contribution in [3.8, 4) is 0 Å². The standard InChI is InChI=1S/C11H14N4S/c1-7(2)9-6-16-11(14-9)15-10-5-8(12)3-4-13-10/h3-7H,1-2H3,(H3,12,13,14,15). The van der Waals surface area contributed by atoms with Crippen LogP contribution in [0.3, 0.4) is 0 Å². The van der Waals surface area contributed by atoms with Crippen molar-refractivity contribution in [3.05, 3.63) is 29.4 Å². The molecule has 0 saturated heterocycles. The first-order valence-corrected chi connectivity index (χ1v) is 5.97. The van der Waals surface area contributed by atoms with Gasteiger partial charge >= 0.3 is 0 Å². The lowest BCUT2D eigenvalue weighted by atomic mass is 10.2. The third-order valence-electron chi connectivity index (χ3n) is 2.13. The largest absolute Gasteiger partial charge is 0.399 e. The van der Waals surface area contributed by atoms with E-state index < -0.39 is 0 Å². The molecule has 0 fully saturated rings. The summed E-state index contributed by atoms with van der Waals surface area (Å²) in [6.07, 6.45) is 1.68. The summed E-state index contributed by atoms with van der Waals surface area (Å²) in [5.74, 6) is 1.17. The van der Waals surface area contributed by atoms with Crippen molar-refractivity contribution in [1.82, 2.24) is 9.97 Å². The molecule has 2 aromatic heterocycles. The maximum atomic E-state index is 5.67. The Hall–Kier alpha value is -1.62. The van der Waals surface area contributed by atoms with Crippen LogP contribution in [-0.4, -0.2) is 9.97 Å². The van der Waals surface area contributed by atoms with Crippen LogP contribution < -0.4 is 11.1 Å². The van der Waals surface area contributed by atoms with E-state index in [1.54, 1.807) is 29.7 Å². The fourth-order valence-corrected chi connectivity index (χ4v) is 2.11. The highest BCUT2D eigenvalue weighted by Crippen LogP contribution is 2.24. The van der Waals surface area contributed by atoms with E-state index in [1.807, 2.05) is 0 Å². The molecule has 0 aromatic carbocycles. The van der Waals surface area contributed by atoms with Gasteiger partial charge in [0.25, 0.3) is 0 Å². The highest BCUT2D eigenvalue weighted by molar-refractivity contribution is 7.13. The van der Waals surface area contributed by atoms with Gasteiger partial charge in [0.15, 0.2) is 5.13 Å². The van der Waals surface area contributed by atoms with E-state index in [1.165, 1.54) is 0 Å². The quantitative estimate of drug-likeness (QED) is 0.857. The summed E-state index contributed by atoms with van der Waals surface area (Å²) < 4.78 is 0. The van der Waals surface area contributed by atoms with Crippen molar-refractivity contribution in [2.45, 2.75) is 19.8 Å². The van der Waals surface area contributed by atoms with Gasteiger partial charge in [0.2, 0.25) is 0 Å². The van der Waals surface area contributed by atoms with Gasteiger partial charge in [0, 0.05) is 23.3 Å². The number of nitrogens with one attached hydrogen (secondary N) is 1. The predicted molar refractivity (Wildman–Crippen MR) is 68.1 cm³/mol. The number of anilines is 3. The average molecular weight is 234 g/mol. The molecule has 0 aliphatic heterocycles. The van der Waals surface area contributed by atoms with Crippen molar-refractivity contribution < 1.29 is 0 Å². The summed E-state index contributed by atoms with van der Waals surface area (Å²) in [6, 6.07) is 3.54. The zero-order valence-corrected chi connectivity index (χ0v) is 10.1. The van der Waals surface area contributed by atoms with Crippen LogP contribution in [0.2, 0.25) is 0 Å². The van der Waals surface area contributed by atoms with Gasteiger partial charge in [-0.05, 0) is 12.0 Å². The summed E-state index contributed by atoms with van der Waals surface area (Å²) in [6.45, 7) is 4.25. The molecule has 0 unspecified atom stereocenters. The van der Waals surface area contributed by atoms with Crippen LogP contribution in [0.5, 0.6) is 0 Å². The summed E-state index contributed by atoms with van der Waals surface area (Å²) in [5, 5.41) is 6.04. The summed E-state index contributed by atoms with van der Waals surface area (Å²) in [7, 11) is 0. The third-order valence-corrected chi connectivity index (χ3v) is 2.91. The number of pyridine rings is 1. The van der Waals surface area contributed by atoms with Crippen molar-refractivity contribution in [2.24, 2.45) is 0 Å². The van der Waals surface area contributed by atoms with Gasteiger partial charge < -0.3 is 11.1 Å². The van der Waals surface area contributed by atoms with E-state index in [0.717, 1.165) is 16.6 Å². The Morgan fingerprint density at radius 3 is 2.88 bits per heavy atom. The lowest BCUT2D eigenvalue weighted by Crippen LogP contribution is -1.95. The number of rotatable bonds is 3. The molecular formula is C11H14N4S. The molecule has 0 aliphatic carbocycles. The van der Waals surface area contributed by atoms with Crippen molar-refractivity contribution in [2.75, 3.05) is 11.1 Å². The number of nitrogens with zero attached hydrogens (tertiary/aromatic N) is 2. The van der Waals surface area contributed by atoms with E-state index in [0.29, 0.717) is 11.6 Å². The van der Waals surface area contributed by atoms with Gasteiger partial charge in [-0.3, -0.25) is 0 Å². The summed E-state index contributed by atoms with van der Waals surface area (Å²) in [5.41, 5.74) is 7.46. The molecule has 0 spiro atoms. The normalized spacial score (nSPS) is 10.7. The minimum absolute atomic E-state index is 0.445. The SMILES string of the molecule is CC(C)c1csc(Nc2cc(N)ccn2)n1. The zero-order valence-electron chi connectivity index (χ0n) is 9.27. The molecule has 2 rings (SSSR count). The van der Waals surface area contributed by atoms with Gasteiger partial charge in [-0.15, -0.1) is 11.3 Å². The Morgan fingerprint density at radius 1 is 1.44 bits per heavy atom. The molecular weight excluding hydrogens is 220 g/mol. The Morgan fingerprint density at radius 2 is 2.25 bits per heavy atom. The fourth-order valence-electron chi connectivity index (χ4n) is 1.23. The van der Waals surface area contributed by atoms with Crippen molar-refractivity contribution in [1.29, 1.82) is 0 Å². The van der Waals surface area contributed by atoms with Gasteiger partial charge in [0.1, 0.15) is 5.82 Å². The van der Waals surface area contributed by atoms with E-state index in [4.69, 9.17) is 5.73 Å². The minimum atomic E-state index is 0.445. The van der Waals surface area contributed by atoms with Crippen molar-refractivity contribution in [3.63, 3.8) is 0 Å². The smallest absolute Gasteiger partial charge is 0.188 e. The highest BCUT2D eigenvalue weighted by atomic mass is 32.1. The molecule has 16 heavy (non-hydrogen) atoms. The molecule has 0 radical (unpaired) electrons. The second-order valence-electron chi connectivity index (χ2n) is 3.83. The number of nitrogens with two attached hydrogens (primary N) is 1. The van der Waals surface area contributed by atoms with Crippen LogP contribution in [0.15, 0.2) is 23.7 Å². The molecule has 0 amide bonds. The van der Waals surface area contributed by atoms with Gasteiger partial charge in [-0.25, -0.2) is 9.97 Å². The van der Waals surface area contributed by atoms with E-state index in [2.05, 4.69) is 34.5 Å². The van der Waals surface area contributed by atoms with Crippen LogP contribution >= 0.6 is 11.3 Å². The van der Waals surface area contributed by atoms with Crippen LogP contribution in [0.4, 0.5) is 16.6 Å². The van der Waals surface area contributed by atoms with Crippen LogP contribution in [0, 0.1) is 0 Å². The monoisotopic (exact) mass is 234 g/mol. The lowest BCUT2D eigenvalue weighted by molar-refractivity contribution is 0.834. The lowest BCUT2D eigenvalue weighted by Gasteiger charge is -2.02. The molecule has 0 atom stereocenters. The topological polar surface area (TPSA) is 63.8 Å². The second-order valence-corrected chi connectivity index (χ2v) is 4.69. The third kappa shape index (κ3) is 2.49. The van der Waals surface area contributed by atoms with Crippen molar-refractivity contribution >= 4 is 28.0 Å². The second kappa shape index (κ2) is 4.49. The van der Waals surface area contributed by atoms with Gasteiger partial charge in [-0.1, -0.05) is 13.8 Å². The Balaban J connectivity index is 2.14. The summed E-state index contributed by atoms with van der Waals surface area (Å²) >= 11 is 1.58. The Labute approximate surface area is 98.6 Å². The van der Waals surface area contributed by atoms with E-state index in [-0.39, 0.29) is 0 Å². The van der Waals surface area contributed by atoms with Crippen LogP contribution in [0.1, 0.15) is 25.5 Å². The molecule has 2 heterocycles. The zero-order chi connectivity index (χ0) is 11.5. The van der Waals surface area contributed by atoms with Gasteiger partial charge in [-0.2, -0.15) is 0 Å². The van der Waals surface area contributed by atoms with Crippen LogP contribution in [-0.2, 0) is 0 Å². The maximum Gasteiger partial charge on any atom is 0.188 e. The van der Waals surface area contributed by atoms with E-state index in [9.17, 15) is 0 Å². The minimum Gasteiger partial charge on any atom is -0.399 e. The molecule has 2 aromatic rings. The van der Waals surface area contributed by atoms with Crippen LogP contribution in [0.25, 0.3) is 0 Å². The first-order valence-electron chi connectivity index (χ1n) is 5.09. The molecule has 0 saturated carbocycles. The number of hydrogen-bond donors (Lipinski definition) is 2. The molecule has 3 N–H and O–H groups in total. The molecule has 0 bridgehead atoms. The first-order chi connectivity index (χ1) is 7.65. The van der Waals surface area contributed by atoms with E-state index >= 15 is 0 Å². The molecule has 84 valence electrons. The highest BCUT2D eigenvalue weighted by Gasteiger charge is 2.05. The number of aromatic nitrogens is 2. The Bertz CT molecular complexity index is 478. The summed E-state index contributed by atoms with van der Waals surface area (Å²) in [4.78, 5) is 8.63. The molecule has 5 heteroatoms. The average Bonchev–Trinajstić information content (AvgIpc) is 2.66. The molecule has 4 nitrogen and oxygen atoms in total. The first kappa shape index (κ1) is 10.9. The predicted octanol–water partition coefficient (Wildman–Crippen LogP) is 2.99. The van der Waals surface area contributed by atoms with Gasteiger partial charge in [0.05, 0.1) is 5.69 Å². The number of hydrogen-bond acceptors (Lipinski definition) is 5. The Kier molecular flexibility index (Phi) is 3.05. The fraction of sp³-hybridized carbons (Fsp3) is 0.273. The molecule has 0 aliphatic rings. The number of thiazole rings is 1. The number of nitrogen functional groups attached to an aromatic ring is 1. The maximum absolute atomic E-state index is 5.67.